The zero-order valence-corrected chi connectivity index (χ0v) is 17.3. The van der Waals surface area contributed by atoms with E-state index in [0.717, 1.165) is 4.47 Å². The number of fused-ring (bicyclic) bond motifs is 3. The van der Waals surface area contributed by atoms with Crippen LogP contribution in [-0.4, -0.2) is 0 Å². The maximum atomic E-state index is 3.85. The maximum absolute atomic E-state index is 3.85. The van der Waals surface area contributed by atoms with Gasteiger partial charge in [0.1, 0.15) is 0 Å². The van der Waals surface area contributed by atoms with Gasteiger partial charge in [-0.15, -0.1) is 0 Å². The summed E-state index contributed by atoms with van der Waals surface area (Å²) >= 11 is 3.85. The van der Waals surface area contributed by atoms with Gasteiger partial charge in [-0.1, -0.05) is 113 Å². The van der Waals surface area contributed by atoms with Gasteiger partial charge in [0, 0.05) is 4.47 Å². The van der Waals surface area contributed by atoms with E-state index in [0.29, 0.717) is 0 Å². The molecule has 1 aliphatic rings. The molecule has 0 N–H and O–H groups in total. The molecule has 0 fully saturated rings. The van der Waals surface area contributed by atoms with Gasteiger partial charge in [0.05, 0.1) is 0 Å². The topological polar surface area (TPSA) is 0 Å². The van der Waals surface area contributed by atoms with Gasteiger partial charge in [-0.3, -0.25) is 0 Å². The van der Waals surface area contributed by atoms with E-state index in [1.54, 1.807) is 0 Å². The zero-order valence-electron chi connectivity index (χ0n) is 15.7. The van der Waals surface area contributed by atoms with Crippen molar-refractivity contribution in [3.63, 3.8) is 0 Å². The van der Waals surface area contributed by atoms with Crippen molar-refractivity contribution < 1.29 is 0 Å². The largest absolute Gasteiger partial charge is 0.0622 e. The maximum Gasteiger partial charge on any atom is 0.0260 e. The molecule has 0 spiro atoms. The van der Waals surface area contributed by atoms with Crippen LogP contribution in [0.25, 0.3) is 55.3 Å². The van der Waals surface area contributed by atoms with Crippen LogP contribution in [-0.2, 0) is 0 Å². The molecule has 0 radical (unpaired) electrons. The molecular weight excluding hydrogens is 416 g/mol. The fourth-order valence-corrected chi connectivity index (χ4v) is 5.18. The Morgan fingerprint density at radius 1 is 0.414 bits per heavy atom. The summed E-state index contributed by atoms with van der Waals surface area (Å²) in [5.74, 6) is 0. The van der Waals surface area contributed by atoms with Gasteiger partial charge in [-0.05, 0) is 61.3 Å². The lowest BCUT2D eigenvalue weighted by molar-refractivity contribution is 1.58. The zero-order chi connectivity index (χ0) is 19.4. The molecule has 0 nitrogen and oxygen atoms in total. The first-order chi connectivity index (χ1) is 14.3. The molecule has 0 bridgehead atoms. The molecule has 5 aromatic carbocycles. The van der Waals surface area contributed by atoms with Crippen LogP contribution in [0.4, 0.5) is 0 Å². The molecule has 0 aliphatic heterocycles. The van der Waals surface area contributed by atoms with Crippen LogP contribution in [0.15, 0.2) is 108 Å². The minimum absolute atomic E-state index is 1.12. The van der Waals surface area contributed by atoms with Gasteiger partial charge in [0.2, 0.25) is 0 Å². The number of hydrogen-bond acceptors (Lipinski definition) is 0. The Morgan fingerprint density at radius 3 is 1.79 bits per heavy atom. The lowest BCUT2D eigenvalue weighted by Gasteiger charge is -2.12. The Hall–Kier alpha value is -3.16. The van der Waals surface area contributed by atoms with Crippen molar-refractivity contribution in [1.82, 2.24) is 0 Å². The summed E-state index contributed by atoms with van der Waals surface area (Å²) in [5.41, 5.74) is 10.3. The highest BCUT2D eigenvalue weighted by molar-refractivity contribution is 9.10. The SMILES string of the molecule is Brc1cc(-c2ccccc2)ccc1-c1ccc2c3c(cccc13)-c1ccccc1-2. The highest BCUT2D eigenvalue weighted by Crippen LogP contribution is 2.49. The summed E-state index contributed by atoms with van der Waals surface area (Å²) in [7, 11) is 0. The monoisotopic (exact) mass is 432 g/mol. The van der Waals surface area contributed by atoms with Crippen molar-refractivity contribution in [3.05, 3.63) is 108 Å². The first-order valence-electron chi connectivity index (χ1n) is 9.82. The molecule has 0 amide bonds. The van der Waals surface area contributed by atoms with Crippen molar-refractivity contribution in [3.8, 4) is 44.5 Å². The third-order valence-corrected chi connectivity index (χ3v) is 6.57. The van der Waals surface area contributed by atoms with Crippen LogP contribution in [0.1, 0.15) is 0 Å². The summed E-state index contributed by atoms with van der Waals surface area (Å²) in [4.78, 5) is 0. The van der Waals surface area contributed by atoms with Gasteiger partial charge in [0.15, 0.2) is 0 Å². The number of rotatable bonds is 2. The van der Waals surface area contributed by atoms with E-state index < -0.39 is 0 Å². The van der Waals surface area contributed by atoms with Crippen LogP contribution >= 0.6 is 15.9 Å². The van der Waals surface area contributed by atoms with E-state index in [1.165, 1.54) is 55.3 Å². The molecule has 136 valence electrons. The molecule has 0 heterocycles. The smallest absolute Gasteiger partial charge is 0.0260 e. The van der Waals surface area contributed by atoms with Gasteiger partial charge >= 0.3 is 0 Å². The molecule has 0 aromatic heterocycles. The van der Waals surface area contributed by atoms with E-state index in [2.05, 4.69) is 119 Å². The average molecular weight is 433 g/mol. The van der Waals surface area contributed by atoms with Crippen LogP contribution in [0.2, 0.25) is 0 Å². The van der Waals surface area contributed by atoms with Crippen molar-refractivity contribution in [2.45, 2.75) is 0 Å². The minimum Gasteiger partial charge on any atom is -0.0622 e. The van der Waals surface area contributed by atoms with Crippen LogP contribution in [0.3, 0.4) is 0 Å². The molecule has 1 heteroatoms. The molecule has 1 aliphatic carbocycles. The van der Waals surface area contributed by atoms with Gasteiger partial charge in [0.25, 0.3) is 0 Å². The molecule has 0 atom stereocenters. The third-order valence-electron chi connectivity index (χ3n) is 5.91. The van der Waals surface area contributed by atoms with Crippen molar-refractivity contribution in [2.24, 2.45) is 0 Å². The first-order valence-corrected chi connectivity index (χ1v) is 10.6. The van der Waals surface area contributed by atoms with E-state index in [9.17, 15) is 0 Å². The Kier molecular flexibility index (Phi) is 3.72. The number of hydrogen-bond donors (Lipinski definition) is 0. The lowest BCUT2D eigenvalue weighted by Crippen LogP contribution is -1.86. The molecular formula is C28H17Br. The summed E-state index contributed by atoms with van der Waals surface area (Å²) in [6, 6.07) is 37.1. The summed E-state index contributed by atoms with van der Waals surface area (Å²) < 4.78 is 1.12. The second-order valence-electron chi connectivity index (χ2n) is 7.50. The molecule has 6 rings (SSSR count). The standard InChI is InChI=1S/C28H17Br/c29-27-17-19(18-7-2-1-3-8-18)13-14-23(27)22-15-16-26-21-10-5-4-9-20(21)24-11-6-12-25(22)28(24)26/h1-17H. The molecule has 29 heavy (non-hydrogen) atoms. The van der Waals surface area contributed by atoms with Gasteiger partial charge in [-0.25, -0.2) is 0 Å². The molecule has 0 unspecified atom stereocenters. The summed E-state index contributed by atoms with van der Waals surface area (Å²) in [5, 5.41) is 2.68. The molecule has 5 aromatic rings. The number of halogens is 1. The Balaban J connectivity index is 1.56. The quantitative estimate of drug-likeness (QED) is 0.257. The Morgan fingerprint density at radius 2 is 1.03 bits per heavy atom. The summed E-state index contributed by atoms with van der Waals surface area (Å²) in [6.45, 7) is 0. The lowest BCUT2D eigenvalue weighted by atomic mass is 9.93. The first kappa shape index (κ1) is 16.8. The average Bonchev–Trinajstić information content (AvgIpc) is 3.11. The van der Waals surface area contributed by atoms with Gasteiger partial charge < -0.3 is 0 Å². The van der Waals surface area contributed by atoms with Crippen molar-refractivity contribution in [2.75, 3.05) is 0 Å². The predicted octanol–water partition coefficient (Wildman–Crippen LogP) is 8.58. The Labute approximate surface area is 178 Å². The molecule has 0 saturated heterocycles. The van der Waals surface area contributed by atoms with Crippen LogP contribution in [0.5, 0.6) is 0 Å². The van der Waals surface area contributed by atoms with Gasteiger partial charge in [-0.2, -0.15) is 0 Å². The normalized spacial score (nSPS) is 11.6. The van der Waals surface area contributed by atoms with E-state index in [1.807, 2.05) is 0 Å². The van der Waals surface area contributed by atoms with E-state index in [-0.39, 0.29) is 0 Å². The summed E-state index contributed by atoms with van der Waals surface area (Å²) in [6.07, 6.45) is 0. The van der Waals surface area contributed by atoms with Crippen molar-refractivity contribution >= 4 is 26.7 Å². The molecule has 0 saturated carbocycles. The predicted molar refractivity (Wildman–Crippen MR) is 127 cm³/mol. The van der Waals surface area contributed by atoms with E-state index >= 15 is 0 Å². The fourth-order valence-electron chi connectivity index (χ4n) is 4.59. The minimum atomic E-state index is 1.12. The highest BCUT2D eigenvalue weighted by atomic mass is 79.9. The van der Waals surface area contributed by atoms with Crippen LogP contribution < -0.4 is 0 Å². The van der Waals surface area contributed by atoms with E-state index in [4.69, 9.17) is 0 Å². The second-order valence-corrected chi connectivity index (χ2v) is 8.35. The third kappa shape index (κ3) is 2.51. The van der Waals surface area contributed by atoms with Crippen molar-refractivity contribution in [1.29, 1.82) is 0 Å². The second kappa shape index (κ2) is 6.43. The van der Waals surface area contributed by atoms with Crippen LogP contribution in [0, 0.1) is 0 Å². The Bertz CT molecular complexity index is 1370. The fraction of sp³-hybridized carbons (Fsp3) is 0. The highest BCUT2D eigenvalue weighted by Gasteiger charge is 2.22. The number of benzene rings is 5.